The number of nitrogens with zero attached hydrogens (tertiary/aromatic N) is 2. The zero-order valence-corrected chi connectivity index (χ0v) is 14.7. The van der Waals surface area contributed by atoms with E-state index >= 15 is 0 Å². The molecule has 0 fully saturated rings. The fourth-order valence-corrected chi connectivity index (χ4v) is 2.54. The van der Waals surface area contributed by atoms with Crippen LogP contribution in [-0.2, 0) is 0 Å². The fourth-order valence-electron chi connectivity index (χ4n) is 2.54. The molecule has 2 aromatic rings. The molecule has 4 nitrogen and oxygen atoms in total. The number of aromatic nitrogens is 2. The smallest absolute Gasteiger partial charge is 0.224 e. The standard InChI is InChI=1S/C19H28N4/c1-5-6-9-12-20-19-21-15(4)13-18(23-19)22-17-11-8-7-10-16(17)14(2)3/h7-8,10-11,13-14H,5-6,9,12H2,1-4H3,(H2,20,21,22,23). The molecule has 0 saturated carbocycles. The van der Waals surface area contributed by atoms with Crippen LogP contribution >= 0.6 is 0 Å². The van der Waals surface area contributed by atoms with Crippen LogP contribution in [-0.4, -0.2) is 16.5 Å². The first-order valence-electron chi connectivity index (χ1n) is 8.55. The fraction of sp³-hybridized carbons (Fsp3) is 0.474. The van der Waals surface area contributed by atoms with Crippen LogP contribution in [0.5, 0.6) is 0 Å². The van der Waals surface area contributed by atoms with E-state index in [-0.39, 0.29) is 0 Å². The Morgan fingerprint density at radius 1 is 1.09 bits per heavy atom. The molecule has 0 aliphatic rings. The number of anilines is 3. The molecule has 1 aromatic carbocycles. The lowest BCUT2D eigenvalue weighted by Gasteiger charge is -2.15. The quantitative estimate of drug-likeness (QED) is 0.653. The number of unbranched alkanes of at least 4 members (excludes halogenated alkanes) is 2. The van der Waals surface area contributed by atoms with Gasteiger partial charge in [0.25, 0.3) is 0 Å². The molecule has 0 unspecified atom stereocenters. The Balaban J connectivity index is 2.12. The first-order valence-corrected chi connectivity index (χ1v) is 8.55. The van der Waals surface area contributed by atoms with Crippen molar-refractivity contribution in [2.45, 2.75) is 52.9 Å². The minimum Gasteiger partial charge on any atom is -0.354 e. The largest absolute Gasteiger partial charge is 0.354 e. The van der Waals surface area contributed by atoms with Gasteiger partial charge in [0.1, 0.15) is 5.82 Å². The van der Waals surface area contributed by atoms with Crippen molar-refractivity contribution in [1.82, 2.24) is 9.97 Å². The molecule has 0 aliphatic heterocycles. The summed E-state index contributed by atoms with van der Waals surface area (Å²) in [6, 6.07) is 10.4. The van der Waals surface area contributed by atoms with E-state index in [1.165, 1.54) is 18.4 Å². The van der Waals surface area contributed by atoms with Crippen molar-refractivity contribution in [1.29, 1.82) is 0 Å². The third-order valence-electron chi connectivity index (χ3n) is 3.76. The van der Waals surface area contributed by atoms with E-state index in [4.69, 9.17) is 0 Å². The molecule has 0 saturated heterocycles. The van der Waals surface area contributed by atoms with E-state index in [1.807, 2.05) is 19.1 Å². The minimum atomic E-state index is 0.466. The van der Waals surface area contributed by atoms with Gasteiger partial charge in [0.15, 0.2) is 0 Å². The summed E-state index contributed by atoms with van der Waals surface area (Å²) in [7, 11) is 0. The normalized spacial score (nSPS) is 10.8. The molecule has 0 spiro atoms. The summed E-state index contributed by atoms with van der Waals surface area (Å²) in [5.41, 5.74) is 3.36. The van der Waals surface area contributed by atoms with Crippen molar-refractivity contribution < 1.29 is 0 Å². The molecule has 0 bridgehead atoms. The maximum absolute atomic E-state index is 4.59. The Hall–Kier alpha value is -2.10. The molecule has 124 valence electrons. The second-order valence-corrected chi connectivity index (χ2v) is 6.22. The molecular formula is C19H28N4. The average molecular weight is 312 g/mol. The molecule has 23 heavy (non-hydrogen) atoms. The molecule has 0 radical (unpaired) electrons. The lowest BCUT2D eigenvalue weighted by Crippen LogP contribution is -2.08. The first kappa shape index (κ1) is 17.3. The first-order chi connectivity index (χ1) is 11.1. The highest BCUT2D eigenvalue weighted by Gasteiger charge is 2.08. The number of hydrogen-bond donors (Lipinski definition) is 2. The molecule has 0 aliphatic carbocycles. The number of hydrogen-bond acceptors (Lipinski definition) is 4. The van der Waals surface area contributed by atoms with Crippen molar-refractivity contribution in [2.75, 3.05) is 17.2 Å². The van der Waals surface area contributed by atoms with E-state index in [0.29, 0.717) is 11.9 Å². The summed E-state index contributed by atoms with van der Waals surface area (Å²) in [6.07, 6.45) is 3.59. The van der Waals surface area contributed by atoms with Crippen molar-refractivity contribution in [2.24, 2.45) is 0 Å². The van der Waals surface area contributed by atoms with Crippen molar-refractivity contribution in [3.05, 3.63) is 41.6 Å². The zero-order chi connectivity index (χ0) is 16.7. The van der Waals surface area contributed by atoms with Crippen LogP contribution in [0, 0.1) is 6.92 Å². The van der Waals surface area contributed by atoms with Gasteiger partial charge in [0.2, 0.25) is 5.95 Å². The second-order valence-electron chi connectivity index (χ2n) is 6.22. The lowest BCUT2D eigenvalue weighted by molar-refractivity contribution is 0.740. The van der Waals surface area contributed by atoms with Crippen LogP contribution in [0.2, 0.25) is 0 Å². The number of benzene rings is 1. The summed E-state index contributed by atoms with van der Waals surface area (Å²) in [4.78, 5) is 9.06. The van der Waals surface area contributed by atoms with Crippen molar-refractivity contribution >= 4 is 17.5 Å². The predicted molar refractivity (Wildman–Crippen MR) is 98.6 cm³/mol. The van der Waals surface area contributed by atoms with Crippen molar-refractivity contribution in [3.8, 4) is 0 Å². The summed E-state index contributed by atoms with van der Waals surface area (Å²) < 4.78 is 0. The second kappa shape index (κ2) is 8.51. The van der Waals surface area contributed by atoms with Crippen LogP contribution in [0.4, 0.5) is 17.5 Å². The molecule has 1 heterocycles. The van der Waals surface area contributed by atoms with Crippen LogP contribution < -0.4 is 10.6 Å². The molecule has 0 atom stereocenters. The van der Waals surface area contributed by atoms with Gasteiger partial charge < -0.3 is 10.6 Å². The third-order valence-corrected chi connectivity index (χ3v) is 3.76. The van der Waals surface area contributed by atoms with Gasteiger partial charge in [0.05, 0.1) is 0 Å². The van der Waals surface area contributed by atoms with Gasteiger partial charge >= 0.3 is 0 Å². The van der Waals surface area contributed by atoms with Gasteiger partial charge in [-0.05, 0) is 30.9 Å². The Labute approximate surface area is 139 Å². The van der Waals surface area contributed by atoms with E-state index < -0.39 is 0 Å². The third kappa shape index (κ3) is 5.23. The van der Waals surface area contributed by atoms with Crippen LogP contribution in [0.15, 0.2) is 30.3 Å². The van der Waals surface area contributed by atoms with Crippen LogP contribution in [0.3, 0.4) is 0 Å². The van der Waals surface area contributed by atoms with Gasteiger partial charge in [0, 0.05) is 24.0 Å². The molecular weight excluding hydrogens is 284 g/mol. The van der Waals surface area contributed by atoms with E-state index in [0.717, 1.165) is 30.2 Å². The summed E-state index contributed by atoms with van der Waals surface area (Å²) in [6.45, 7) is 9.52. The Morgan fingerprint density at radius 3 is 2.61 bits per heavy atom. The zero-order valence-electron chi connectivity index (χ0n) is 14.7. The monoisotopic (exact) mass is 312 g/mol. The van der Waals surface area contributed by atoms with Gasteiger partial charge in [-0.3, -0.25) is 0 Å². The van der Waals surface area contributed by atoms with E-state index in [2.05, 4.69) is 59.6 Å². The predicted octanol–water partition coefficient (Wildman–Crippen LogP) is 5.25. The van der Waals surface area contributed by atoms with Gasteiger partial charge in [-0.15, -0.1) is 0 Å². The SMILES string of the molecule is CCCCCNc1nc(C)cc(Nc2ccccc2C(C)C)n1. The lowest BCUT2D eigenvalue weighted by atomic mass is 10.0. The number of rotatable bonds is 8. The number of aryl methyl sites for hydroxylation is 1. The average Bonchev–Trinajstić information content (AvgIpc) is 2.51. The Bertz CT molecular complexity index is 623. The number of nitrogens with one attached hydrogen (secondary N) is 2. The van der Waals surface area contributed by atoms with Gasteiger partial charge in [-0.25, -0.2) is 4.98 Å². The molecule has 4 heteroatoms. The highest BCUT2D eigenvalue weighted by atomic mass is 15.1. The van der Waals surface area contributed by atoms with E-state index in [9.17, 15) is 0 Å². The summed E-state index contributed by atoms with van der Waals surface area (Å²) in [5.74, 6) is 2.00. The maximum atomic E-state index is 4.59. The Morgan fingerprint density at radius 2 is 1.87 bits per heavy atom. The van der Waals surface area contributed by atoms with E-state index in [1.54, 1.807) is 0 Å². The highest BCUT2D eigenvalue weighted by Crippen LogP contribution is 2.26. The molecule has 2 N–H and O–H groups in total. The van der Waals surface area contributed by atoms with Crippen LogP contribution in [0.25, 0.3) is 0 Å². The molecule has 1 aromatic heterocycles. The molecule has 2 rings (SSSR count). The van der Waals surface area contributed by atoms with Gasteiger partial charge in [-0.2, -0.15) is 4.98 Å². The highest BCUT2D eigenvalue weighted by molar-refractivity contribution is 5.62. The van der Waals surface area contributed by atoms with Gasteiger partial charge in [-0.1, -0.05) is 51.8 Å². The maximum Gasteiger partial charge on any atom is 0.224 e. The number of para-hydroxylation sites is 1. The topological polar surface area (TPSA) is 49.8 Å². The minimum absolute atomic E-state index is 0.466. The van der Waals surface area contributed by atoms with Crippen molar-refractivity contribution in [3.63, 3.8) is 0 Å². The summed E-state index contributed by atoms with van der Waals surface area (Å²) in [5, 5.41) is 6.77. The summed E-state index contributed by atoms with van der Waals surface area (Å²) >= 11 is 0. The van der Waals surface area contributed by atoms with Crippen LogP contribution in [0.1, 0.15) is 57.2 Å². The molecule has 0 amide bonds. The Kier molecular flexibility index (Phi) is 6.39.